The predicted octanol–water partition coefficient (Wildman–Crippen LogP) is 3.85. The van der Waals surface area contributed by atoms with E-state index < -0.39 is 0 Å². The summed E-state index contributed by atoms with van der Waals surface area (Å²) in [5.74, 6) is 1.72. The molecule has 0 heterocycles. The van der Waals surface area contributed by atoms with Crippen molar-refractivity contribution < 1.29 is 19.0 Å². The van der Waals surface area contributed by atoms with Gasteiger partial charge in [0.15, 0.2) is 5.78 Å². The lowest BCUT2D eigenvalue weighted by Gasteiger charge is -2.34. The second-order valence-electron chi connectivity index (χ2n) is 5.23. The molecule has 1 saturated carbocycles. The number of ether oxygens (including phenoxy) is 3. The molecule has 1 aliphatic carbocycles. The zero-order chi connectivity index (χ0) is 15.4. The van der Waals surface area contributed by atoms with Crippen molar-refractivity contribution in [2.45, 2.75) is 32.3 Å². The number of hydrogen-bond donors (Lipinski definition) is 0. The normalized spacial score (nSPS) is 20.8. The Hall–Kier alpha value is -1.07. The van der Waals surface area contributed by atoms with Crippen LogP contribution < -0.4 is 9.47 Å². The Labute approximate surface area is 133 Å². The van der Waals surface area contributed by atoms with Crippen molar-refractivity contribution in [3.8, 4) is 11.5 Å². The molecule has 0 aliphatic heterocycles. The van der Waals surface area contributed by atoms with Gasteiger partial charge in [0.25, 0.3) is 0 Å². The van der Waals surface area contributed by atoms with Crippen LogP contribution in [0.5, 0.6) is 11.5 Å². The summed E-state index contributed by atoms with van der Waals surface area (Å²) in [6, 6.07) is 3.51. The number of rotatable bonds is 7. The molecule has 116 valence electrons. The molecule has 0 atom stereocenters. The Morgan fingerprint density at radius 3 is 2.48 bits per heavy atom. The minimum atomic E-state index is 0.0950. The zero-order valence-corrected chi connectivity index (χ0v) is 14.2. The summed E-state index contributed by atoms with van der Waals surface area (Å²) in [6.45, 7) is 2.74. The lowest BCUT2D eigenvalue weighted by molar-refractivity contribution is -0.0246. The molecule has 1 aromatic carbocycles. The van der Waals surface area contributed by atoms with Gasteiger partial charge in [-0.05, 0) is 53.7 Å². The largest absolute Gasteiger partial charge is 0.496 e. The van der Waals surface area contributed by atoms with E-state index in [2.05, 4.69) is 15.9 Å². The Morgan fingerprint density at radius 2 is 1.90 bits per heavy atom. The molecular weight excluding hydrogens is 336 g/mol. The fourth-order valence-electron chi connectivity index (χ4n) is 2.66. The van der Waals surface area contributed by atoms with E-state index in [1.54, 1.807) is 26.4 Å². The Balaban J connectivity index is 2.05. The molecule has 2 rings (SSSR count). The second-order valence-corrected chi connectivity index (χ2v) is 6.08. The number of Topliss-reactive ketones (excluding diaryl/α,β-unsaturated/α-hetero) is 1. The second kappa shape index (κ2) is 7.27. The van der Waals surface area contributed by atoms with Crippen LogP contribution in [0.1, 0.15) is 36.5 Å². The molecule has 0 N–H and O–H groups in total. The van der Waals surface area contributed by atoms with Gasteiger partial charge in [-0.2, -0.15) is 0 Å². The first-order valence-corrected chi connectivity index (χ1v) is 7.94. The Morgan fingerprint density at radius 1 is 1.24 bits per heavy atom. The number of halogens is 1. The van der Waals surface area contributed by atoms with Crippen LogP contribution in [0.3, 0.4) is 0 Å². The number of carbonyl (C=O) groups is 1. The van der Waals surface area contributed by atoms with Gasteiger partial charge >= 0.3 is 0 Å². The van der Waals surface area contributed by atoms with Crippen molar-refractivity contribution >= 4 is 21.7 Å². The van der Waals surface area contributed by atoms with Crippen molar-refractivity contribution in [1.82, 2.24) is 0 Å². The predicted molar refractivity (Wildman–Crippen MR) is 84.3 cm³/mol. The van der Waals surface area contributed by atoms with Crippen LogP contribution in [0.4, 0.5) is 0 Å². The zero-order valence-electron chi connectivity index (χ0n) is 12.6. The van der Waals surface area contributed by atoms with E-state index in [9.17, 15) is 4.79 Å². The molecule has 4 nitrogen and oxygen atoms in total. The molecule has 1 fully saturated rings. The van der Waals surface area contributed by atoms with Gasteiger partial charge in [0.2, 0.25) is 0 Å². The maximum atomic E-state index is 12.5. The standard InChI is InChI=1S/C16H21BrO4/c1-4-21-11-5-10(6-11)7-14(18)12-8-16(20-3)13(17)9-15(12)19-2/h8-11H,4-7H2,1-3H3. The first-order valence-electron chi connectivity index (χ1n) is 7.15. The first-order chi connectivity index (χ1) is 10.1. The number of ketones is 1. The minimum Gasteiger partial charge on any atom is -0.496 e. The van der Waals surface area contributed by atoms with Gasteiger partial charge in [0.1, 0.15) is 11.5 Å². The highest BCUT2D eigenvalue weighted by Gasteiger charge is 2.32. The van der Waals surface area contributed by atoms with E-state index in [1.807, 2.05) is 6.92 Å². The molecule has 5 heteroatoms. The highest BCUT2D eigenvalue weighted by molar-refractivity contribution is 9.10. The van der Waals surface area contributed by atoms with Crippen LogP contribution in [0.25, 0.3) is 0 Å². The third kappa shape index (κ3) is 3.77. The van der Waals surface area contributed by atoms with Gasteiger partial charge in [-0.1, -0.05) is 0 Å². The Kier molecular flexibility index (Phi) is 5.65. The van der Waals surface area contributed by atoms with E-state index in [-0.39, 0.29) is 5.78 Å². The number of benzene rings is 1. The average molecular weight is 357 g/mol. The fraction of sp³-hybridized carbons (Fsp3) is 0.562. The molecule has 0 unspecified atom stereocenters. The molecule has 0 bridgehead atoms. The molecule has 0 saturated heterocycles. The summed E-state index contributed by atoms with van der Waals surface area (Å²) in [5.41, 5.74) is 0.581. The number of methoxy groups -OCH3 is 2. The van der Waals surface area contributed by atoms with Crippen molar-refractivity contribution in [2.75, 3.05) is 20.8 Å². The number of carbonyl (C=O) groups excluding carboxylic acids is 1. The molecular formula is C16H21BrO4. The maximum absolute atomic E-state index is 12.5. The third-order valence-corrected chi connectivity index (χ3v) is 4.46. The minimum absolute atomic E-state index is 0.0950. The lowest BCUT2D eigenvalue weighted by atomic mass is 9.78. The molecule has 1 aromatic rings. The smallest absolute Gasteiger partial charge is 0.167 e. The van der Waals surface area contributed by atoms with Crippen LogP contribution >= 0.6 is 15.9 Å². The van der Waals surface area contributed by atoms with Crippen LogP contribution in [0.15, 0.2) is 16.6 Å². The van der Waals surface area contributed by atoms with E-state index in [1.165, 1.54) is 0 Å². The number of hydrogen-bond acceptors (Lipinski definition) is 4. The molecule has 1 aliphatic rings. The summed E-state index contributed by atoms with van der Waals surface area (Å²) in [5, 5.41) is 0. The summed E-state index contributed by atoms with van der Waals surface area (Å²) < 4.78 is 16.9. The van der Waals surface area contributed by atoms with Gasteiger partial charge in [-0.15, -0.1) is 0 Å². The monoisotopic (exact) mass is 356 g/mol. The average Bonchev–Trinajstić information content (AvgIpc) is 2.44. The van der Waals surface area contributed by atoms with E-state index in [0.717, 1.165) is 23.9 Å². The highest BCUT2D eigenvalue weighted by atomic mass is 79.9. The van der Waals surface area contributed by atoms with Gasteiger partial charge < -0.3 is 14.2 Å². The molecule has 0 aromatic heterocycles. The van der Waals surface area contributed by atoms with Crippen molar-refractivity contribution in [3.63, 3.8) is 0 Å². The van der Waals surface area contributed by atoms with Crippen molar-refractivity contribution in [2.24, 2.45) is 5.92 Å². The van der Waals surface area contributed by atoms with E-state index in [0.29, 0.717) is 35.5 Å². The maximum Gasteiger partial charge on any atom is 0.167 e. The quantitative estimate of drug-likeness (QED) is 0.696. The topological polar surface area (TPSA) is 44.8 Å². The molecule has 0 spiro atoms. The van der Waals surface area contributed by atoms with Gasteiger partial charge in [0.05, 0.1) is 30.4 Å². The highest BCUT2D eigenvalue weighted by Crippen LogP contribution is 2.37. The van der Waals surface area contributed by atoms with Crippen molar-refractivity contribution in [3.05, 3.63) is 22.2 Å². The van der Waals surface area contributed by atoms with Crippen LogP contribution in [0.2, 0.25) is 0 Å². The van der Waals surface area contributed by atoms with E-state index >= 15 is 0 Å². The summed E-state index contributed by atoms with van der Waals surface area (Å²) in [7, 11) is 3.15. The SMILES string of the molecule is CCOC1CC(CC(=O)c2cc(OC)c(Br)cc2OC)C1. The summed E-state index contributed by atoms with van der Waals surface area (Å²) in [6.07, 6.45) is 2.80. The van der Waals surface area contributed by atoms with Gasteiger partial charge in [-0.25, -0.2) is 0 Å². The summed E-state index contributed by atoms with van der Waals surface area (Å²) in [4.78, 5) is 12.5. The third-order valence-electron chi connectivity index (χ3n) is 3.84. The lowest BCUT2D eigenvalue weighted by Crippen LogP contribution is -2.32. The summed E-state index contributed by atoms with van der Waals surface area (Å²) >= 11 is 3.40. The van der Waals surface area contributed by atoms with Crippen LogP contribution in [-0.2, 0) is 4.74 Å². The van der Waals surface area contributed by atoms with Crippen molar-refractivity contribution in [1.29, 1.82) is 0 Å². The van der Waals surface area contributed by atoms with Gasteiger partial charge in [-0.3, -0.25) is 4.79 Å². The van der Waals surface area contributed by atoms with Crippen LogP contribution in [-0.4, -0.2) is 32.7 Å². The van der Waals surface area contributed by atoms with Gasteiger partial charge in [0, 0.05) is 13.0 Å². The molecule has 0 amide bonds. The molecule has 0 radical (unpaired) electrons. The van der Waals surface area contributed by atoms with E-state index in [4.69, 9.17) is 14.2 Å². The fourth-order valence-corrected chi connectivity index (χ4v) is 3.15. The Bertz CT molecular complexity index is 509. The first kappa shape index (κ1) is 16.3. The molecule has 21 heavy (non-hydrogen) atoms. The van der Waals surface area contributed by atoms with Crippen LogP contribution in [0, 0.1) is 5.92 Å².